The number of pyridine rings is 1. The lowest BCUT2D eigenvalue weighted by molar-refractivity contribution is -0.122. The summed E-state index contributed by atoms with van der Waals surface area (Å²) in [6, 6.07) is 24.6. The lowest BCUT2D eigenvalue weighted by Crippen LogP contribution is -2.47. The number of rotatable bonds is 8. The van der Waals surface area contributed by atoms with E-state index in [1.165, 1.54) is 6.07 Å². The van der Waals surface area contributed by atoms with Gasteiger partial charge in [0.2, 0.25) is 15.9 Å². The molecule has 2 N–H and O–H groups in total. The lowest BCUT2D eigenvalue weighted by atomic mass is 10.1. The summed E-state index contributed by atoms with van der Waals surface area (Å²) in [5.41, 5.74) is 3.25. The molecule has 4 rings (SSSR count). The Hall–Kier alpha value is -3.55. The molecule has 1 atom stereocenters. The number of hydrogen-bond acceptors (Lipinski definition) is 4. The first kappa shape index (κ1) is 22.6. The van der Waals surface area contributed by atoms with Gasteiger partial charge in [-0.3, -0.25) is 9.78 Å². The first-order valence-electron chi connectivity index (χ1n) is 10.7. The van der Waals surface area contributed by atoms with Gasteiger partial charge in [-0.2, -0.15) is 4.72 Å². The van der Waals surface area contributed by atoms with E-state index in [9.17, 15) is 13.2 Å². The van der Waals surface area contributed by atoms with Crippen molar-refractivity contribution in [3.05, 3.63) is 108 Å². The first-order valence-corrected chi connectivity index (χ1v) is 12.1. The van der Waals surface area contributed by atoms with E-state index in [0.29, 0.717) is 17.4 Å². The smallest absolute Gasteiger partial charge is 0.243 e. The van der Waals surface area contributed by atoms with Gasteiger partial charge in [-0.1, -0.05) is 72.8 Å². The van der Waals surface area contributed by atoms with Crippen LogP contribution in [0.1, 0.15) is 16.7 Å². The molecule has 1 heterocycles. The van der Waals surface area contributed by atoms with E-state index in [1.807, 2.05) is 61.5 Å². The molecule has 0 fully saturated rings. The molecule has 168 valence electrons. The van der Waals surface area contributed by atoms with Crippen LogP contribution in [0, 0.1) is 6.92 Å². The van der Waals surface area contributed by atoms with Crippen molar-refractivity contribution in [2.75, 3.05) is 0 Å². The maximum Gasteiger partial charge on any atom is 0.243 e. The molecule has 4 aromatic rings. The molecule has 0 aliphatic rings. The Morgan fingerprint density at radius 1 is 0.909 bits per heavy atom. The number of carbonyl (C=O) groups excluding carboxylic acids is 1. The van der Waals surface area contributed by atoms with Gasteiger partial charge < -0.3 is 5.32 Å². The summed E-state index contributed by atoms with van der Waals surface area (Å²) < 4.78 is 29.3. The van der Waals surface area contributed by atoms with Crippen LogP contribution < -0.4 is 10.0 Å². The Bertz CT molecular complexity index is 1370. The van der Waals surface area contributed by atoms with Gasteiger partial charge in [0.15, 0.2) is 0 Å². The van der Waals surface area contributed by atoms with Crippen LogP contribution >= 0.6 is 0 Å². The summed E-state index contributed by atoms with van der Waals surface area (Å²) >= 11 is 0. The van der Waals surface area contributed by atoms with Crippen molar-refractivity contribution in [1.82, 2.24) is 15.0 Å². The second kappa shape index (κ2) is 9.94. The lowest BCUT2D eigenvalue weighted by Gasteiger charge is -2.19. The summed E-state index contributed by atoms with van der Waals surface area (Å²) in [4.78, 5) is 17.4. The highest BCUT2D eigenvalue weighted by atomic mass is 32.2. The van der Waals surface area contributed by atoms with Gasteiger partial charge in [-0.15, -0.1) is 0 Å². The average molecular weight is 460 g/mol. The number of aryl methyl sites for hydroxylation is 1. The fourth-order valence-corrected chi connectivity index (χ4v) is 5.07. The summed E-state index contributed by atoms with van der Waals surface area (Å²) in [5, 5.41) is 3.60. The molecule has 0 aliphatic heterocycles. The monoisotopic (exact) mass is 459 g/mol. The van der Waals surface area contributed by atoms with Crippen LogP contribution in [0.3, 0.4) is 0 Å². The van der Waals surface area contributed by atoms with E-state index < -0.39 is 16.1 Å². The quantitative estimate of drug-likeness (QED) is 0.420. The number of hydrogen-bond donors (Lipinski definition) is 2. The Morgan fingerprint density at radius 3 is 2.42 bits per heavy atom. The largest absolute Gasteiger partial charge is 0.351 e. The average Bonchev–Trinajstić information content (AvgIpc) is 2.83. The molecule has 33 heavy (non-hydrogen) atoms. The summed E-state index contributed by atoms with van der Waals surface area (Å²) in [6.07, 6.45) is 1.77. The van der Waals surface area contributed by atoms with Crippen LogP contribution in [0.25, 0.3) is 10.9 Å². The molecular formula is C26H25N3O3S. The third-order valence-corrected chi connectivity index (χ3v) is 7.00. The SMILES string of the molecule is Cc1ccccc1CNC(=O)C(Cc1ccccc1)NS(=O)(=O)c1cccc2cccnc12. The zero-order valence-electron chi connectivity index (χ0n) is 18.2. The molecule has 3 aromatic carbocycles. The molecular weight excluding hydrogens is 434 g/mol. The first-order chi connectivity index (χ1) is 15.9. The molecule has 7 heteroatoms. The van der Waals surface area contributed by atoms with Crippen molar-refractivity contribution in [2.45, 2.75) is 30.8 Å². The zero-order chi connectivity index (χ0) is 23.3. The maximum atomic E-state index is 13.3. The molecule has 0 spiro atoms. The number of nitrogens with one attached hydrogen (secondary N) is 2. The normalized spacial score (nSPS) is 12.4. The van der Waals surface area contributed by atoms with Crippen LogP contribution in [0.4, 0.5) is 0 Å². The van der Waals surface area contributed by atoms with E-state index in [4.69, 9.17) is 0 Å². The van der Waals surface area contributed by atoms with Gasteiger partial charge in [0.25, 0.3) is 0 Å². The van der Waals surface area contributed by atoms with Crippen LogP contribution in [-0.4, -0.2) is 25.4 Å². The van der Waals surface area contributed by atoms with Crippen molar-refractivity contribution in [3.63, 3.8) is 0 Å². The topological polar surface area (TPSA) is 88.2 Å². The number of sulfonamides is 1. The van der Waals surface area contributed by atoms with Gasteiger partial charge in [0.05, 0.1) is 5.52 Å². The molecule has 1 aromatic heterocycles. The second-order valence-electron chi connectivity index (χ2n) is 7.84. The van der Waals surface area contributed by atoms with Crippen LogP contribution in [0.2, 0.25) is 0 Å². The highest BCUT2D eigenvalue weighted by Crippen LogP contribution is 2.21. The van der Waals surface area contributed by atoms with Gasteiger partial charge >= 0.3 is 0 Å². The molecule has 1 unspecified atom stereocenters. The Balaban J connectivity index is 1.61. The summed E-state index contributed by atoms with van der Waals surface area (Å²) in [6.45, 7) is 2.29. The third-order valence-electron chi connectivity index (χ3n) is 5.50. The Kier molecular flexibility index (Phi) is 6.82. The number of amides is 1. The predicted octanol–water partition coefficient (Wildman–Crippen LogP) is 3.75. The number of carbonyl (C=O) groups is 1. The van der Waals surface area contributed by atoms with Crippen molar-refractivity contribution < 1.29 is 13.2 Å². The fraction of sp³-hybridized carbons (Fsp3) is 0.154. The molecule has 0 radical (unpaired) electrons. The highest BCUT2D eigenvalue weighted by molar-refractivity contribution is 7.89. The number of fused-ring (bicyclic) bond motifs is 1. The molecule has 0 saturated heterocycles. The van der Waals surface area contributed by atoms with Crippen LogP contribution in [0.15, 0.2) is 96.0 Å². The summed E-state index contributed by atoms with van der Waals surface area (Å²) in [7, 11) is -4.02. The van der Waals surface area contributed by atoms with Crippen molar-refractivity contribution in [3.8, 4) is 0 Å². The number of benzene rings is 3. The van der Waals surface area contributed by atoms with Gasteiger partial charge in [-0.05, 0) is 42.2 Å². The van der Waals surface area contributed by atoms with Crippen molar-refractivity contribution in [1.29, 1.82) is 0 Å². The van der Waals surface area contributed by atoms with E-state index in [2.05, 4.69) is 15.0 Å². The fourth-order valence-electron chi connectivity index (χ4n) is 3.70. The molecule has 0 bridgehead atoms. The Labute approximate surface area is 193 Å². The van der Waals surface area contributed by atoms with E-state index in [-0.39, 0.29) is 17.2 Å². The van der Waals surface area contributed by atoms with E-state index >= 15 is 0 Å². The number of nitrogens with zero attached hydrogens (tertiary/aromatic N) is 1. The molecule has 1 amide bonds. The maximum absolute atomic E-state index is 13.3. The standard InChI is InChI=1S/C26H25N3O3S/c1-19-9-5-6-12-22(19)18-28-26(30)23(17-20-10-3-2-4-11-20)29-33(31,32)24-15-7-13-21-14-8-16-27-25(21)24/h2-16,23,29H,17-18H2,1H3,(H,28,30). The minimum Gasteiger partial charge on any atom is -0.351 e. The number of para-hydroxylation sites is 1. The minimum absolute atomic E-state index is 0.0466. The van der Waals surface area contributed by atoms with Crippen molar-refractivity contribution >= 4 is 26.8 Å². The molecule has 0 aliphatic carbocycles. The predicted molar refractivity (Wildman–Crippen MR) is 129 cm³/mol. The molecule has 6 nitrogen and oxygen atoms in total. The third kappa shape index (κ3) is 5.45. The minimum atomic E-state index is -4.02. The Morgan fingerprint density at radius 2 is 1.64 bits per heavy atom. The number of aromatic nitrogens is 1. The highest BCUT2D eigenvalue weighted by Gasteiger charge is 2.27. The summed E-state index contributed by atoms with van der Waals surface area (Å²) in [5.74, 6) is -0.390. The van der Waals surface area contributed by atoms with E-state index in [0.717, 1.165) is 16.7 Å². The molecule has 0 saturated carbocycles. The van der Waals surface area contributed by atoms with Gasteiger partial charge in [0.1, 0.15) is 10.9 Å². The van der Waals surface area contributed by atoms with Crippen molar-refractivity contribution in [2.24, 2.45) is 0 Å². The van der Waals surface area contributed by atoms with Crippen LogP contribution in [-0.2, 0) is 27.8 Å². The van der Waals surface area contributed by atoms with Crippen LogP contribution in [0.5, 0.6) is 0 Å². The van der Waals surface area contributed by atoms with Gasteiger partial charge in [-0.25, -0.2) is 8.42 Å². The zero-order valence-corrected chi connectivity index (χ0v) is 19.0. The van der Waals surface area contributed by atoms with E-state index in [1.54, 1.807) is 30.5 Å². The second-order valence-corrected chi connectivity index (χ2v) is 9.52. The van der Waals surface area contributed by atoms with Gasteiger partial charge in [0, 0.05) is 18.1 Å².